The largest absolute Gasteiger partial charge is 0.492 e. The highest BCUT2D eigenvalue weighted by Crippen LogP contribution is 2.15. The standard InChI is InChI=1S/C28H38FNO7/c1-3-5-18-37-28(33)30(15-6-17-34-21-23-7-11-24(29)12-8-23)16-19-36-25-13-9-22(10-14-25)20-26(27(31)32)35-4-2/h7-14,26H,3-6,15-21H2,1-2H3,(H,31,32). The smallest absolute Gasteiger partial charge is 0.409 e. The second-order valence-corrected chi connectivity index (χ2v) is 8.47. The van der Waals surface area contributed by atoms with Crippen LogP contribution in [-0.4, -0.2) is 67.7 Å². The summed E-state index contributed by atoms with van der Waals surface area (Å²) < 4.78 is 35.1. The molecule has 0 aliphatic rings. The maximum atomic E-state index is 13.0. The van der Waals surface area contributed by atoms with Crippen molar-refractivity contribution in [2.45, 2.75) is 52.2 Å². The van der Waals surface area contributed by atoms with Gasteiger partial charge in [0.2, 0.25) is 0 Å². The summed E-state index contributed by atoms with van der Waals surface area (Å²) in [4.78, 5) is 25.4. The van der Waals surface area contributed by atoms with Crippen LogP contribution in [0.3, 0.4) is 0 Å². The van der Waals surface area contributed by atoms with Crippen molar-refractivity contribution >= 4 is 12.1 Å². The third-order valence-electron chi connectivity index (χ3n) is 5.50. The third-order valence-corrected chi connectivity index (χ3v) is 5.50. The van der Waals surface area contributed by atoms with Gasteiger partial charge >= 0.3 is 12.1 Å². The number of carbonyl (C=O) groups is 2. The molecule has 0 heterocycles. The first-order valence-corrected chi connectivity index (χ1v) is 12.7. The number of aliphatic carboxylic acids is 1. The molecule has 1 unspecified atom stereocenters. The highest BCUT2D eigenvalue weighted by molar-refractivity contribution is 5.72. The summed E-state index contributed by atoms with van der Waals surface area (Å²) in [6.45, 7) is 6.37. The number of unbranched alkanes of at least 4 members (excludes halogenated alkanes) is 1. The van der Waals surface area contributed by atoms with Gasteiger partial charge in [-0.15, -0.1) is 0 Å². The molecule has 0 aliphatic carbocycles. The quantitative estimate of drug-likeness (QED) is 0.274. The van der Waals surface area contributed by atoms with E-state index in [4.69, 9.17) is 18.9 Å². The lowest BCUT2D eigenvalue weighted by atomic mass is 10.1. The van der Waals surface area contributed by atoms with Gasteiger partial charge in [0, 0.05) is 26.2 Å². The Labute approximate surface area is 218 Å². The fraction of sp³-hybridized carbons (Fsp3) is 0.500. The van der Waals surface area contributed by atoms with Crippen LogP contribution < -0.4 is 4.74 Å². The van der Waals surface area contributed by atoms with Gasteiger partial charge < -0.3 is 29.0 Å². The molecule has 0 radical (unpaired) electrons. The summed E-state index contributed by atoms with van der Waals surface area (Å²) in [6.07, 6.45) is 1.34. The van der Waals surface area contributed by atoms with Gasteiger partial charge in [-0.2, -0.15) is 0 Å². The van der Waals surface area contributed by atoms with Gasteiger partial charge in [0.15, 0.2) is 6.10 Å². The molecular weight excluding hydrogens is 481 g/mol. The molecule has 2 aromatic rings. The number of carboxylic acid groups (broad SMARTS) is 1. The van der Waals surface area contributed by atoms with Crippen molar-refractivity contribution in [3.8, 4) is 5.75 Å². The Balaban J connectivity index is 1.80. The normalized spacial score (nSPS) is 11.6. The molecule has 0 spiro atoms. The molecule has 8 nitrogen and oxygen atoms in total. The number of rotatable bonds is 18. The lowest BCUT2D eigenvalue weighted by molar-refractivity contribution is -0.149. The summed E-state index contributed by atoms with van der Waals surface area (Å²) in [7, 11) is 0. The highest BCUT2D eigenvalue weighted by Gasteiger charge is 2.18. The van der Waals surface area contributed by atoms with E-state index in [0.717, 1.165) is 24.0 Å². The zero-order valence-electron chi connectivity index (χ0n) is 21.7. The molecule has 1 N–H and O–H groups in total. The van der Waals surface area contributed by atoms with E-state index in [2.05, 4.69) is 0 Å². The van der Waals surface area contributed by atoms with Crippen LogP contribution in [0, 0.1) is 5.82 Å². The van der Waals surface area contributed by atoms with Crippen molar-refractivity contribution in [1.82, 2.24) is 4.90 Å². The number of hydrogen-bond donors (Lipinski definition) is 1. The fourth-order valence-corrected chi connectivity index (χ4v) is 3.45. The van der Waals surface area contributed by atoms with Gasteiger partial charge in [0.05, 0.1) is 19.8 Å². The number of halogens is 1. The number of nitrogens with zero attached hydrogens (tertiary/aromatic N) is 1. The molecule has 37 heavy (non-hydrogen) atoms. The molecule has 0 saturated carbocycles. The van der Waals surface area contributed by atoms with Gasteiger partial charge in [0.1, 0.15) is 18.2 Å². The summed E-state index contributed by atoms with van der Waals surface area (Å²) in [6, 6.07) is 13.3. The van der Waals surface area contributed by atoms with E-state index in [1.807, 2.05) is 6.92 Å². The van der Waals surface area contributed by atoms with Crippen LogP contribution in [-0.2, 0) is 32.0 Å². The molecule has 9 heteroatoms. The molecule has 0 aromatic heterocycles. The lowest BCUT2D eigenvalue weighted by Gasteiger charge is -2.22. The Kier molecular flexibility index (Phi) is 14.1. The molecule has 0 saturated heterocycles. The van der Waals surface area contributed by atoms with E-state index >= 15 is 0 Å². The van der Waals surface area contributed by atoms with Crippen LogP contribution in [0.4, 0.5) is 9.18 Å². The molecule has 1 atom stereocenters. The minimum absolute atomic E-state index is 0.268. The number of benzene rings is 2. The van der Waals surface area contributed by atoms with Crippen LogP contribution in [0.1, 0.15) is 44.2 Å². The molecular formula is C28H38FNO7. The van der Waals surface area contributed by atoms with E-state index < -0.39 is 12.1 Å². The predicted octanol–water partition coefficient (Wildman–Crippen LogP) is 5.08. The molecule has 0 fully saturated rings. The molecule has 1 amide bonds. The van der Waals surface area contributed by atoms with Crippen molar-refractivity contribution in [2.24, 2.45) is 0 Å². The van der Waals surface area contributed by atoms with Crippen LogP contribution in [0.15, 0.2) is 48.5 Å². The van der Waals surface area contributed by atoms with Gasteiger partial charge in [-0.25, -0.2) is 14.0 Å². The molecule has 2 rings (SSSR count). The minimum atomic E-state index is -0.992. The summed E-state index contributed by atoms with van der Waals surface area (Å²) >= 11 is 0. The lowest BCUT2D eigenvalue weighted by Crippen LogP contribution is -2.36. The second-order valence-electron chi connectivity index (χ2n) is 8.47. The Morgan fingerprint density at radius 3 is 2.27 bits per heavy atom. The fourth-order valence-electron chi connectivity index (χ4n) is 3.45. The number of amides is 1. The second kappa shape index (κ2) is 17.3. The topological polar surface area (TPSA) is 94.5 Å². The van der Waals surface area contributed by atoms with Crippen molar-refractivity contribution in [2.75, 3.05) is 39.5 Å². The van der Waals surface area contributed by atoms with E-state index in [1.54, 1.807) is 48.2 Å². The van der Waals surface area contributed by atoms with Crippen molar-refractivity contribution in [3.63, 3.8) is 0 Å². The number of ether oxygens (including phenoxy) is 4. The Bertz CT molecular complexity index is 921. The molecule has 204 valence electrons. The maximum Gasteiger partial charge on any atom is 0.409 e. The van der Waals surface area contributed by atoms with Gasteiger partial charge in [-0.3, -0.25) is 0 Å². The van der Waals surface area contributed by atoms with Crippen LogP contribution in [0.25, 0.3) is 0 Å². The number of hydrogen-bond acceptors (Lipinski definition) is 6. The van der Waals surface area contributed by atoms with Gasteiger partial charge in [-0.1, -0.05) is 37.6 Å². The first-order valence-electron chi connectivity index (χ1n) is 12.7. The molecule has 0 aliphatic heterocycles. The number of carbonyl (C=O) groups excluding carboxylic acids is 1. The summed E-state index contributed by atoms with van der Waals surface area (Å²) in [5.41, 5.74) is 1.71. The average Bonchev–Trinajstić information content (AvgIpc) is 2.89. The Morgan fingerprint density at radius 1 is 0.919 bits per heavy atom. The van der Waals surface area contributed by atoms with Gasteiger partial charge in [-0.05, 0) is 55.2 Å². The minimum Gasteiger partial charge on any atom is -0.492 e. The zero-order chi connectivity index (χ0) is 26.9. The number of carboxylic acids is 1. The zero-order valence-corrected chi connectivity index (χ0v) is 21.7. The molecule has 0 bridgehead atoms. The van der Waals surface area contributed by atoms with Crippen molar-refractivity contribution in [3.05, 3.63) is 65.5 Å². The first-order chi connectivity index (χ1) is 17.9. The van der Waals surface area contributed by atoms with Crippen molar-refractivity contribution in [1.29, 1.82) is 0 Å². The van der Waals surface area contributed by atoms with Crippen LogP contribution >= 0.6 is 0 Å². The van der Waals surface area contributed by atoms with Crippen LogP contribution in [0.2, 0.25) is 0 Å². The average molecular weight is 520 g/mol. The Morgan fingerprint density at radius 2 is 1.62 bits per heavy atom. The van der Waals surface area contributed by atoms with Crippen LogP contribution in [0.5, 0.6) is 5.75 Å². The monoisotopic (exact) mass is 519 g/mol. The van der Waals surface area contributed by atoms with Gasteiger partial charge in [0.25, 0.3) is 0 Å². The first kappa shape index (κ1) is 30.1. The van der Waals surface area contributed by atoms with E-state index in [0.29, 0.717) is 51.7 Å². The third kappa shape index (κ3) is 12.1. The van der Waals surface area contributed by atoms with E-state index in [-0.39, 0.29) is 24.9 Å². The SMILES string of the molecule is CCCCOC(=O)N(CCCOCc1ccc(F)cc1)CCOc1ccc(CC(OCC)C(=O)O)cc1. The summed E-state index contributed by atoms with van der Waals surface area (Å²) in [5.74, 6) is -0.657. The van der Waals surface area contributed by atoms with E-state index in [1.165, 1.54) is 12.1 Å². The molecule has 2 aromatic carbocycles. The predicted molar refractivity (Wildman–Crippen MR) is 137 cm³/mol. The van der Waals surface area contributed by atoms with Crippen molar-refractivity contribution < 1.29 is 38.0 Å². The van der Waals surface area contributed by atoms with E-state index in [9.17, 15) is 19.1 Å². The highest BCUT2D eigenvalue weighted by atomic mass is 19.1. The maximum absolute atomic E-state index is 13.0. The Hall–Kier alpha value is -3.17. The summed E-state index contributed by atoms with van der Waals surface area (Å²) in [5, 5.41) is 9.24.